The fourth-order valence-electron chi connectivity index (χ4n) is 5.07. The molecular weight excluding hydrogens is 581 g/mol. The summed E-state index contributed by atoms with van der Waals surface area (Å²) in [6.45, 7) is 1.60. The first kappa shape index (κ1) is 30.9. The number of hydrogen-bond acceptors (Lipinski definition) is 4. The molecule has 1 aliphatic rings. The van der Waals surface area contributed by atoms with Gasteiger partial charge in [0.05, 0.1) is 22.0 Å². The number of aryl methyl sites for hydroxylation is 1. The number of carbonyl (C=O) groups excluding carboxylic acids is 2. The monoisotopic (exact) mass is 615 g/mol. The molecule has 0 heterocycles. The van der Waals surface area contributed by atoms with E-state index in [1.807, 2.05) is 61.5 Å². The molecule has 1 aliphatic carbocycles. The first-order valence-corrected chi connectivity index (χ1v) is 16.2. The van der Waals surface area contributed by atoms with Gasteiger partial charge in [0, 0.05) is 19.0 Å². The zero-order chi connectivity index (χ0) is 29.6. The van der Waals surface area contributed by atoms with Crippen LogP contribution in [0.4, 0.5) is 5.69 Å². The number of benzene rings is 3. The number of nitrogens with one attached hydrogen (secondary N) is 1. The van der Waals surface area contributed by atoms with Crippen molar-refractivity contribution in [2.45, 2.75) is 57.7 Å². The summed E-state index contributed by atoms with van der Waals surface area (Å²) in [4.78, 5) is 29.5. The second-order valence-electron chi connectivity index (χ2n) is 10.6. The summed E-state index contributed by atoms with van der Waals surface area (Å²) in [5.74, 6) is -0.758. The summed E-state index contributed by atoms with van der Waals surface area (Å²) in [6, 6.07) is 20.8. The highest BCUT2D eigenvalue weighted by Gasteiger charge is 2.34. The number of rotatable bonds is 11. The zero-order valence-electron chi connectivity index (χ0n) is 23.2. The van der Waals surface area contributed by atoms with Crippen molar-refractivity contribution in [3.63, 3.8) is 0 Å². The van der Waals surface area contributed by atoms with E-state index in [-0.39, 0.29) is 40.6 Å². The number of anilines is 1. The van der Waals surface area contributed by atoms with Crippen LogP contribution >= 0.6 is 23.2 Å². The van der Waals surface area contributed by atoms with Crippen LogP contribution in [0.25, 0.3) is 0 Å². The van der Waals surface area contributed by atoms with Gasteiger partial charge in [-0.15, -0.1) is 0 Å². The van der Waals surface area contributed by atoms with Crippen molar-refractivity contribution in [1.29, 1.82) is 0 Å². The molecule has 10 heteroatoms. The third-order valence-corrected chi connectivity index (χ3v) is 9.20. The van der Waals surface area contributed by atoms with Crippen LogP contribution in [0.2, 0.25) is 10.0 Å². The molecule has 0 radical (unpaired) electrons. The molecule has 0 spiro atoms. The predicted octanol–water partition coefficient (Wildman–Crippen LogP) is 5.77. The molecule has 1 saturated carbocycles. The molecule has 3 aromatic rings. The Morgan fingerprint density at radius 2 is 1.59 bits per heavy atom. The minimum absolute atomic E-state index is 0.0563. The van der Waals surface area contributed by atoms with E-state index in [1.165, 1.54) is 23.1 Å². The molecule has 41 heavy (non-hydrogen) atoms. The van der Waals surface area contributed by atoms with Crippen LogP contribution in [0.15, 0.2) is 72.8 Å². The molecule has 1 N–H and O–H groups in total. The Balaban J connectivity index is 1.72. The van der Waals surface area contributed by atoms with Gasteiger partial charge >= 0.3 is 0 Å². The third kappa shape index (κ3) is 8.47. The van der Waals surface area contributed by atoms with Crippen LogP contribution in [0.1, 0.15) is 42.4 Å². The summed E-state index contributed by atoms with van der Waals surface area (Å²) in [7, 11) is -3.89. The van der Waals surface area contributed by atoms with E-state index >= 15 is 0 Å². The van der Waals surface area contributed by atoms with Crippen molar-refractivity contribution in [1.82, 2.24) is 10.2 Å². The van der Waals surface area contributed by atoms with Gasteiger partial charge in [0.15, 0.2) is 0 Å². The fourth-order valence-corrected chi connectivity index (χ4v) is 6.20. The maximum Gasteiger partial charge on any atom is 0.244 e. The van der Waals surface area contributed by atoms with Gasteiger partial charge in [-0.05, 0) is 49.1 Å². The second kappa shape index (κ2) is 13.7. The van der Waals surface area contributed by atoms with Crippen molar-refractivity contribution in [2.24, 2.45) is 0 Å². The fraction of sp³-hybridized carbons (Fsp3) is 0.355. The Kier molecular flexibility index (Phi) is 10.3. The zero-order valence-corrected chi connectivity index (χ0v) is 25.6. The summed E-state index contributed by atoms with van der Waals surface area (Å²) < 4.78 is 26.8. The Hall–Kier alpha value is -3.07. The van der Waals surface area contributed by atoms with E-state index in [0.717, 1.165) is 52.9 Å². The normalized spacial score (nSPS) is 14.4. The molecule has 0 saturated heterocycles. The van der Waals surface area contributed by atoms with Crippen LogP contribution in [-0.2, 0) is 32.6 Å². The standard InChI is InChI=1S/C31H35Cl2N3O4S/c1-22-12-14-24(15-13-22)20-35(30(37)21-36(41(2,39)40)26-16-17-27(32)28(33)19-26)29(18-23-8-4-3-5-9-23)31(38)34-25-10-6-7-11-25/h3-5,8-9,12-17,19,25,29H,6-7,10-11,18,20-21H2,1-2H3,(H,34,38)/t29-/m1/s1. The molecule has 1 fully saturated rings. The summed E-state index contributed by atoms with van der Waals surface area (Å²) >= 11 is 12.2. The first-order valence-electron chi connectivity index (χ1n) is 13.6. The molecule has 3 aromatic carbocycles. The molecule has 0 aliphatic heterocycles. The minimum Gasteiger partial charge on any atom is -0.352 e. The van der Waals surface area contributed by atoms with E-state index in [2.05, 4.69) is 5.32 Å². The molecule has 0 bridgehead atoms. The van der Waals surface area contributed by atoms with Gasteiger partial charge in [0.25, 0.3) is 0 Å². The van der Waals surface area contributed by atoms with Gasteiger partial charge in [0.1, 0.15) is 12.6 Å². The van der Waals surface area contributed by atoms with Crippen LogP contribution in [-0.4, -0.2) is 50.0 Å². The molecule has 1 atom stereocenters. The number of hydrogen-bond donors (Lipinski definition) is 1. The lowest BCUT2D eigenvalue weighted by Gasteiger charge is -2.34. The highest BCUT2D eigenvalue weighted by Crippen LogP contribution is 2.29. The van der Waals surface area contributed by atoms with Gasteiger partial charge < -0.3 is 10.2 Å². The average molecular weight is 617 g/mol. The van der Waals surface area contributed by atoms with Gasteiger partial charge in [0.2, 0.25) is 21.8 Å². The van der Waals surface area contributed by atoms with E-state index in [0.29, 0.717) is 0 Å². The van der Waals surface area contributed by atoms with E-state index in [4.69, 9.17) is 23.2 Å². The largest absolute Gasteiger partial charge is 0.352 e. The number of nitrogens with zero attached hydrogens (tertiary/aromatic N) is 2. The smallest absolute Gasteiger partial charge is 0.244 e. The predicted molar refractivity (Wildman–Crippen MR) is 165 cm³/mol. The highest BCUT2D eigenvalue weighted by atomic mass is 35.5. The van der Waals surface area contributed by atoms with Crippen LogP contribution in [0.5, 0.6) is 0 Å². The van der Waals surface area contributed by atoms with E-state index < -0.39 is 28.5 Å². The lowest BCUT2D eigenvalue weighted by atomic mass is 10.0. The van der Waals surface area contributed by atoms with Crippen molar-refractivity contribution in [3.05, 3.63) is 99.5 Å². The summed E-state index contributed by atoms with van der Waals surface area (Å²) in [5, 5.41) is 3.59. The van der Waals surface area contributed by atoms with Crippen molar-refractivity contribution in [3.8, 4) is 0 Å². The quantitative estimate of drug-likeness (QED) is 0.297. The number of sulfonamides is 1. The lowest BCUT2D eigenvalue weighted by Crippen LogP contribution is -2.54. The van der Waals surface area contributed by atoms with Crippen LogP contribution < -0.4 is 9.62 Å². The molecule has 0 unspecified atom stereocenters. The maximum atomic E-state index is 14.2. The lowest BCUT2D eigenvalue weighted by molar-refractivity contribution is -0.140. The molecule has 0 aromatic heterocycles. The third-order valence-electron chi connectivity index (χ3n) is 7.32. The number of amides is 2. The van der Waals surface area contributed by atoms with Crippen LogP contribution in [0, 0.1) is 6.92 Å². The van der Waals surface area contributed by atoms with E-state index in [9.17, 15) is 18.0 Å². The molecule has 4 rings (SSSR count). The Bertz CT molecular complexity index is 1460. The highest BCUT2D eigenvalue weighted by molar-refractivity contribution is 7.92. The van der Waals surface area contributed by atoms with Crippen molar-refractivity contribution < 1.29 is 18.0 Å². The Morgan fingerprint density at radius 3 is 2.20 bits per heavy atom. The number of carbonyl (C=O) groups is 2. The summed E-state index contributed by atoms with van der Waals surface area (Å²) in [6.07, 6.45) is 5.20. The Morgan fingerprint density at radius 1 is 0.927 bits per heavy atom. The van der Waals surface area contributed by atoms with Crippen molar-refractivity contribution >= 4 is 50.7 Å². The topological polar surface area (TPSA) is 86.8 Å². The molecule has 218 valence electrons. The summed E-state index contributed by atoms with van der Waals surface area (Å²) in [5.41, 5.74) is 3.00. The minimum atomic E-state index is -3.89. The molecule has 7 nitrogen and oxygen atoms in total. The van der Waals surface area contributed by atoms with Gasteiger partial charge in [-0.25, -0.2) is 8.42 Å². The van der Waals surface area contributed by atoms with Gasteiger partial charge in [-0.1, -0.05) is 96.2 Å². The van der Waals surface area contributed by atoms with Crippen LogP contribution in [0.3, 0.4) is 0 Å². The number of halogens is 2. The van der Waals surface area contributed by atoms with Crippen molar-refractivity contribution in [2.75, 3.05) is 17.1 Å². The van der Waals surface area contributed by atoms with Gasteiger partial charge in [-0.3, -0.25) is 13.9 Å². The Labute approximate surface area is 252 Å². The maximum absolute atomic E-state index is 14.2. The van der Waals surface area contributed by atoms with Gasteiger partial charge in [-0.2, -0.15) is 0 Å². The molecule has 2 amide bonds. The SMILES string of the molecule is Cc1ccc(CN(C(=O)CN(c2ccc(Cl)c(Cl)c2)S(C)(=O)=O)[C@H](Cc2ccccc2)C(=O)NC2CCCC2)cc1. The second-order valence-corrected chi connectivity index (χ2v) is 13.3. The average Bonchev–Trinajstić information content (AvgIpc) is 3.45. The molecular formula is C31H35Cl2N3O4S. The van der Waals surface area contributed by atoms with E-state index in [1.54, 1.807) is 0 Å². The first-order chi connectivity index (χ1) is 19.5.